The zero-order valence-electron chi connectivity index (χ0n) is 8.14. The normalized spacial score (nSPS) is 23.1. The lowest BCUT2D eigenvalue weighted by atomic mass is 10.4. The number of nitrogens with zero attached hydrogens (tertiary/aromatic N) is 1. The van der Waals surface area contributed by atoms with Gasteiger partial charge in [0.2, 0.25) is 10.0 Å². The number of hydrogen-bond acceptors (Lipinski definition) is 2. The Bertz CT molecular complexity index is 432. The monoisotopic (exact) mass is 289 g/mol. The third kappa shape index (κ3) is 2.24. The first kappa shape index (κ1) is 11.1. The minimum absolute atomic E-state index is 0.288. The Kier molecular flexibility index (Phi) is 3.13. The van der Waals surface area contributed by atoms with Crippen molar-refractivity contribution in [3.63, 3.8) is 0 Å². The number of alkyl halides is 1. The van der Waals surface area contributed by atoms with E-state index in [0.717, 1.165) is 6.42 Å². The molecule has 1 aromatic carbocycles. The minimum Gasteiger partial charge on any atom is -0.207 e. The van der Waals surface area contributed by atoms with Gasteiger partial charge >= 0.3 is 0 Å². The molecule has 0 N–H and O–H groups in total. The van der Waals surface area contributed by atoms with Crippen LogP contribution in [0, 0.1) is 0 Å². The van der Waals surface area contributed by atoms with Crippen molar-refractivity contribution in [3.8, 4) is 0 Å². The first-order valence-electron chi connectivity index (χ1n) is 4.80. The quantitative estimate of drug-likeness (QED) is 0.779. The molecule has 0 spiro atoms. The van der Waals surface area contributed by atoms with Crippen LogP contribution in [0.4, 0.5) is 0 Å². The highest BCUT2D eigenvalue weighted by atomic mass is 79.9. The largest absolute Gasteiger partial charge is 0.243 e. The van der Waals surface area contributed by atoms with Crippen molar-refractivity contribution >= 4 is 26.0 Å². The maximum Gasteiger partial charge on any atom is 0.243 e. The van der Waals surface area contributed by atoms with Crippen molar-refractivity contribution in [2.45, 2.75) is 16.1 Å². The fourth-order valence-corrected chi connectivity index (χ4v) is 3.91. The van der Waals surface area contributed by atoms with E-state index in [0.29, 0.717) is 18.0 Å². The molecule has 3 nitrogen and oxygen atoms in total. The van der Waals surface area contributed by atoms with Crippen molar-refractivity contribution in [3.05, 3.63) is 30.3 Å². The Morgan fingerprint density at radius 3 is 2.47 bits per heavy atom. The molecule has 0 saturated carbocycles. The van der Waals surface area contributed by atoms with Gasteiger partial charge in [-0.05, 0) is 18.6 Å². The van der Waals surface area contributed by atoms with Crippen LogP contribution in [0.1, 0.15) is 6.42 Å². The molecule has 2 rings (SSSR count). The van der Waals surface area contributed by atoms with Gasteiger partial charge in [-0.25, -0.2) is 8.42 Å². The summed E-state index contributed by atoms with van der Waals surface area (Å²) in [6, 6.07) is 8.58. The molecule has 0 bridgehead atoms. The van der Waals surface area contributed by atoms with Crippen LogP contribution in [0.25, 0.3) is 0 Å². The molecule has 82 valence electrons. The molecule has 15 heavy (non-hydrogen) atoms. The van der Waals surface area contributed by atoms with Crippen molar-refractivity contribution in [2.75, 3.05) is 13.1 Å². The SMILES string of the molecule is O=S(=O)(c1ccccc1)N1CC[C@H](Br)C1. The van der Waals surface area contributed by atoms with Gasteiger partial charge < -0.3 is 0 Å². The maximum atomic E-state index is 12.1. The molecular formula is C10H12BrNO2S. The average molecular weight is 290 g/mol. The van der Waals surface area contributed by atoms with Crippen molar-refractivity contribution in [1.82, 2.24) is 4.31 Å². The molecule has 1 atom stereocenters. The summed E-state index contributed by atoms with van der Waals surface area (Å²) in [5.74, 6) is 0. The van der Waals surface area contributed by atoms with Crippen molar-refractivity contribution in [2.24, 2.45) is 0 Å². The highest BCUT2D eigenvalue weighted by molar-refractivity contribution is 9.09. The Hall–Kier alpha value is -0.390. The fourth-order valence-electron chi connectivity index (χ4n) is 1.65. The first-order valence-corrected chi connectivity index (χ1v) is 7.15. The van der Waals surface area contributed by atoms with E-state index in [4.69, 9.17) is 0 Å². The van der Waals surface area contributed by atoms with E-state index in [9.17, 15) is 8.42 Å². The lowest BCUT2D eigenvalue weighted by Gasteiger charge is -2.15. The molecule has 1 aliphatic rings. The van der Waals surface area contributed by atoms with E-state index in [1.54, 1.807) is 24.3 Å². The zero-order chi connectivity index (χ0) is 10.9. The summed E-state index contributed by atoms with van der Waals surface area (Å²) in [6.07, 6.45) is 0.881. The van der Waals surface area contributed by atoms with Gasteiger partial charge in [-0.15, -0.1) is 0 Å². The van der Waals surface area contributed by atoms with Crippen LogP contribution >= 0.6 is 15.9 Å². The third-order valence-corrected chi connectivity index (χ3v) is 5.10. The Labute approximate surface area is 98.3 Å². The molecule has 0 amide bonds. The number of benzene rings is 1. The van der Waals surface area contributed by atoms with Crippen LogP contribution in [-0.4, -0.2) is 30.6 Å². The molecule has 0 aliphatic carbocycles. The summed E-state index contributed by atoms with van der Waals surface area (Å²) >= 11 is 3.44. The molecule has 1 saturated heterocycles. The molecule has 0 unspecified atom stereocenters. The van der Waals surface area contributed by atoms with E-state index >= 15 is 0 Å². The van der Waals surface area contributed by atoms with Crippen LogP contribution in [-0.2, 0) is 10.0 Å². The van der Waals surface area contributed by atoms with E-state index < -0.39 is 10.0 Å². The summed E-state index contributed by atoms with van der Waals surface area (Å²) < 4.78 is 25.7. The zero-order valence-corrected chi connectivity index (χ0v) is 10.5. The molecule has 0 radical (unpaired) electrons. The van der Waals surface area contributed by atoms with E-state index in [-0.39, 0.29) is 4.83 Å². The molecule has 5 heteroatoms. The molecule has 1 heterocycles. The molecule has 1 fully saturated rings. The predicted molar refractivity (Wildman–Crippen MR) is 62.5 cm³/mol. The lowest BCUT2D eigenvalue weighted by molar-refractivity contribution is 0.478. The molecule has 1 aromatic rings. The standard InChI is InChI=1S/C10H12BrNO2S/c11-9-6-7-12(8-9)15(13,14)10-4-2-1-3-5-10/h1-5,9H,6-8H2/t9-/m0/s1. The highest BCUT2D eigenvalue weighted by Crippen LogP contribution is 2.23. The molecular weight excluding hydrogens is 278 g/mol. The first-order chi connectivity index (χ1) is 7.10. The van der Waals surface area contributed by atoms with Crippen LogP contribution in [0.15, 0.2) is 35.2 Å². The smallest absolute Gasteiger partial charge is 0.207 e. The summed E-state index contributed by atoms with van der Waals surface area (Å²) in [7, 11) is -3.27. The van der Waals surface area contributed by atoms with Gasteiger partial charge in [0.1, 0.15) is 0 Å². The summed E-state index contributed by atoms with van der Waals surface area (Å²) in [5, 5.41) is 0. The van der Waals surface area contributed by atoms with Crippen LogP contribution in [0.3, 0.4) is 0 Å². The summed E-state index contributed by atoms with van der Waals surface area (Å²) in [6.45, 7) is 1.17. The Balaban J connectivity index is 2.28. The van der Waals surface area contributed by atoms with Gasteiger partial charge in [0.05, 0.1) is 4.90 Å². The Morgan fingerprint density at radius 2 is 1.93 bits per heavy atom. The van der Waals surface area contributed by atoms with Crippen LogP contribution < -0.4 is 0 Å². The fraction of sp³-hybridized carbons (Fsp3) is 0.400. The minimum atomic E-state index is -3.27. The van der Waals surface area contributed by atoms with Crippen LogP contribution in [0.5, 0.6) is 0 Å². The van der Waals surface area contributed by atoms with Gasteiger partial charge in [-0.3, -0.25) is 0 Å². The van der Waals surface area contributed by atoms with Gasteiger partial charge in [0, 0.05) is 17.9 Å². The number of rotatable bonds is 2. The number of hydrogen-bond donors (Lipinski definition) is 0. The lowest BCUT2D eigenvalue weighted by Crippen LogP contribution is -2.28. The van der Waals surface area contributed by atoms with Gasteiger partial charge in [0.25, 0.3) is 0 Å². The van der Waals surface area contributed by atoms with E-state index in [1.165, 1.54) is 4.31 Å². The second-order valence-electron chi connectivity index (χ2n) is 3.56. The van der Waals surface area contributed by atoms with Gasteiger partial charge in [-0.2, -0.15) is 4.31 Å². The number of sulfonamides is 1. The maximum absolute atomic E-state index is 12.1. The predicted octanol–water partition coefficient (Wildman–Crippen LogP) is 1.84. The van der Waals surface area contributed by atoms with Crippen molar-refractivity contribution < 1.29 is 8.42 Å². The van der Waals surface area contributed by atoms with Crippen LogP contribution in [0.2, 0.25) is 0 Å². The number of halogens is 1. The highest BCUT2D eigenvalue weighted by Gasteiger charge is 2.30. The average Bonchev–Trinajstić information content (AvgIpc) is 2.67. The molecule has 1 aliphatic heterocycles. The third-order valence-electron chi connectivity index (χ3n) is 2.47. The van der Waals surface area contributed by atoms with E-state index in [2.05, 4.69) is 15.9 Å². The topological polar surface area (TPSA) is 37.4 Å². The van der Waals surface area contributed by atoms with Crippen molar-refractivity contribution in [1.29, 1.82) is 0 Å². The summed E-state index contributed by atoms with van der Waals surface area (Å²) in [5.41, 5.74) is 0. The second-order valence-corrected chi connectivity index (χ2v) is 6.79. The van der Waals surface area contributed by atoms with Gasteiger partial charge in [-0.1, -0.05) is 34.1 Å². The second kappa shape index (κ2) is 4.23. The summed E-state index contributed by atoms with van der Waals surface area (Å²) in [4.78, 5) is 0.669. The van der Waals surface area contributed by atoms with Gasteiger partial charge in [0.15, 0.2) is 0 Å². The van der Waals surface area contributed by atoms with E-state index in [1.807, 2.05) is 6.07 Å². The Morgan fingerprint density at radius 1 is 1.27 bits per heavy atom. The molecule has 0 aromatic heterocycles.